The molecule has 0 aliphatic heterocycles. The van der Waals surface area contributed by atoms with Crippen molar-refractivity contribution in [2.75, 3.05) is 7.05 Å². The maximum Gasteiger partial charge on any atom is 0.120 e. The highest BCUT2D eigenvalue weighted by molar-refractivity contribution is 5.28. The lowest BCUT2D eigenvalue weighted by molar-refractivity contribution is 0.761. The first-order chi connectivity index (χ1) is 8.04. The smallest absolute Gasteiger partial charge is 0.120 e. The molecule has 0 atom stereocenters. The molecule has 0 spiro atoms. The molecule has 1 aromatic rings. The standard InChI is InChI=1S/C13H20N4/c1-9(2)12(13(14)15-4)17-8-11-6-5-10(3)7-16-11/h5-7,15,17H,1,8,14H2,2-4H3/b13-12+. The van der Waals surface area contributed by atoms with E-state index in [0.717, 1.165) is 22.5 Å². The normalized spacial score (nSPS) is 11.7. The van der Waals surface area contributed by atoms with Gasteiger partial charge in [0, 0.05) is 13.2 Å². The first-order valence-corrected chi connectivity index (χ1v) is 5.53. The van der Waals surface area contributed by atoms with Crippen LogP contribution in [0, 0.1) is 6.92 Å². The summed E-state index contributed by atoms with van der Waals surface area (Å²) in [6.45, 7) is 8.45. The third-order valence-corrected chi connectivity index (χ3v) is 2.38. The molecule has 0 amide bonds. The molecule has 0 fully saturated rings. The van der Waals surface area contributed by atoms with Gasteiger partial charge in [-0.2, -0.15) is 0 Å². The van der Waals surface area contributed by atoms with E-state index in [0.29, 0.717) is 12.4 Å². The van der Waals surface area contributed by atoms with Gasteiger partial charge in [0.15, 0.2) is 0 Å². The molecule has 1 aromatic heterocycles. The van der Waals surface area contributed by atoms with E-state index in [1.807, 2.05) is 32.2 Å². The largest absolute Gasteiger partial charge is 0.384 e. The number of nitrogens with zero attached hydrogens (tertiary/aromatic N) is 1. The number of pyridine rings is 1. The third kappa shape index (κ3) is 3.83. The average Bonchev–Trinajstić information content (AvgIpc) is 2.31. The number of hydrogen-bond acceptors (Lipinski definition) is 4. The topological polar surface area (TPSA) is 63.0 Å². The van der Waals surface area contributed by atoms with E-state index in [4.69, 9.17) is 5.73 Å². The van der Waals surface area contributed by atoms with Crippen molar-refractivity contribution in [3.8, 4) is 0 Å². The molecule has 4 nitrogen and oxygen atoms in total. The lowest BCUT2D eigenvalue weighted by atomic mass is 10.2. The van der Waals surface area contributed by atoms with Crippen LogP contribution in [-0.2, 0) is 6.54 Å². The van der Waals surface area contributed by atoms with Crippen LogP contribution in [0.2, 0.25) is 0 Å². The van der Waals surface area contributed by atoms with Crippen LogP contribution in [0.5, 0.6) is 0 Å². The number of nitrogens with two attached hydrogens (primary N) is 1. The van der Waals surface area contributed by atoms with Crippen molar-refractivity contribution in [2.45, 2.75) is 20.4 Å². The fourth-order valence-corrected chi connectivity index (χ4v) is 1.38. The Morgan fingerprint density at radius 3 is 2.65 bits per heavy atom. The first-order valence-electron chi connectivity index (χ1n) is 5.53. The second-order valence-electron chi connectivity index (χ2n) is 4.00. The predicted octanol–water partition coefficient (Wildman–Crippen LogP) is 1.40. The van der Waals surface area contributed by atoms with Gasteiger partial charge < -0.3 is 16.4 Å². The number of hydrogen-bond donors (Lipinski definition) is 3. The highest BCUT2D eigenvalue weighted by atomic mass is 15.0. The zero-order valence-electron chi connectivity index (χ0n) is 10.7. The predicted molar refractivity (Wildman–Crippen MR) is 70.9 cm³/mol. The van der Waals surface area contributed by atoms with Gasteiger partial charge in [-0.25, -0.2) is 0 Å². The van der Waals surface area contributed by atoms with Gasteiger partial charge in [0.1, 0.15) is 5.82 Å². The average molecular weight is 232 g/mol. The molecule has 1 rings (SSSR count). The van der Waals surface area contributed by atoms with Gasteiger partial charge >= 0.3 is 0 Å². The molecule has 4 heteroatoms. The fourth-order valence-electron chi connectivity index (χ4n) is 1.38. The summed E-state index contributed by atoms with van der Waals surface area (Å²) in [7, 11) is 1.78. The Bertz CT molecular complexity index is 418. The molecular formula is C13H20N4. The van der Waals surface area contributed by atoms with Crippen LogP contribution in [0.25, 0.3) is 0 Å². The van der Waals surface area contributed by atoms with Crippen molar-refractivity contribution >= 4 is 0 Å². The SMILES string of the molecule is C=C(C)/C(NCc1ccc(C)cn1)=C(/N)NC. The zero-order valence-corrected chi connectivity index (χ0v) is 10.7. The Balaban J connectivity index is 2.71. The molecule has 0 aromatic carbocycles. The summed E-state index contributed by atoms with van der Waals surface area (Å²) in [5.74, 6) is 0.588. The second kappa shape index (κ2) is 5.94. The molecule has 0 aliphatic rings. The number of rotatable bonds is 5. The van der Waals surface area contributed by atoms with Gasteiger partial charge in [0.2, 0.25) is 0 Å². The maximum absolute atomic E-state index is 5.83. The first kappa shape index (κ1) is 13.1. The van der Waals surface area contributed by atoms with Crippen molar-refractivity contribution in [1.82, 2.24) is 15.6 Å². The van der Waals surface area contributed by atoms with E-state index in [9.17, 15) is 0 Å². The van der Waals surface area contributed by atoms with Crippen LogP contribution < -0.4 is 16.4 Å². The molecule has 0 radical (unpaired) electrons. The molecule has 4 N–H and O–H groups in total. The lowest BCUT2D eigenvalue weighted by Crippen LogP contribution is -2.25. The third-order valence-electron chi connectivity index (χ3n) is 2.38. The van der Waals surface area contributed by atoms with Crippen LogP contribution in [0.3, 0.4) is 0 Å². The maximum atomic E-state index is 5.83. The van der Waals surface area contributed by atoms with Crippen LogP contribution in [0.1, 0.15) is 18.2 Å². The molecule has 17 heavy (non-hydrogen) atoms. The molecule has 0 aliphatic carbocycles. The summed E-state index contributed by atoms with van der Waals surface area (Å²) in [5.41, 5.74) is 9.67. The minimum Gasteiger partial charge on any atom is -0.384 e. The number of nitrogens with one attached hydrogen (secondary N) is 2. The van der Waals surface area contributed by atoms with E-state index in [1.54, 1.807) is 7.05 Å². The van der Waals surface area contributed by atoms with E-state index in [-0.39, 0.29) is 0 Å². The molecule has 0 saturated carbocycles. The van der Waals surface area contributed by atoms with Gasteiger partial charge in [-0.1, -0.05) is 12.6 Å². The summed E-state index contributed by atoms with van der Waals surface area (Å²) < 4.78 is 0. The fraction of sp³-hybridized carbons (Fsp3) is 0.308. The summed E-state index contributed by atoms with van der Waals surface area (Å²) in [6.07, 6.45) is 1.85. The van der Waals surface area contributed by atoms with E-state index >= 15 is 0 Å². The van der Waals surface area contributed by atoms with Crippen molar-refractivity contribution in [3.63, 3.8) is 0 Å². The Morgan fingerprint density at radius 1 is 1.47 bits per heavy atom. The Kier molecular flexibility index (Phi) is 4.57. The molecular weight excluding hydrogens is 212 g/mol. The number of allylic oxidation sites excluding steroid dienone is 1. The van der Waals surface area contributed by atoms with Crippen LogP contribution >= 0.6 is 0 Å². The van der Waals surface area contributed by atoms with Crippen LogP contribution in [0.4, 0.5) is 0 Å². The Morgan fingerprint density at radius 2 is 2.18 bits per heavy atom. The minimum absolute atomic E-state index is 0.588. The van der Waals surface area contributed by atoms with Gasteiger partial charge in [-0.05, 0) is 31.1 Å². The van der Waals surface area contributed by atoms with E-state index < -0.39 is 0 Å². The van der Waals surface area contributed by atoms with Crippen LogP contribution in [0.15, 0.2) is 42.0 Å². The zero-order chi connectivity index (χ0) is 12.8. The Hall–Kier alpha value is -1.97. The lowest BCUT2D eigenvalue weighted by Gasteiger charge is -2.14. The molecule has 92 valence electrons. The van der Waals surface area contributed by atoms with Gasteiger partial charge in [-0.3, -0.25) is 4.98 Å². The van der Waals surface area contributed by atoms with E-state index in [1.165, 1.54) is 0 Å². The Labute approximate surface area is 103 Å². The van der Waals surface area contributed by atoms with Gasteiger partial charge in [-0.15, -0.1) is 0 Å². The van der Waals surface area contributed by atoms with Crippen molar-refractivity contribution < 1.29 is 0 Å². The molecule has 0 bridgehead atoms. The molecule has 1 heterocycles. The minimum atomic E-state index is 0.588. The second-order valence-corrected chi connectivity index (χ2v) is 4.00. The van der Waals surface area contributed by atoms with E-state index in [2.05, 4.69) is 22.2 Å². The van der Waals surface area contributed by atoms with Crippen molar-refractivity contribution in [3.05, 3.63) is 53.3 Å². The highest BCUT2D eigenvalue weighted by Gasteiger charge is 2.03. The van der Waals surface area contributed by atoms with Crippen LogP contribution in [-0.4, -0.2) is 12.0 Å². The molecule has 0 unspecified atom stereocenters. The highest BCUT2D eigenvalue weighted by Crippen LogP contribution is 2.06. The summed E-state index contributed by atoms with van der Waals surface area (Å²) in [6, 6.07) is 4.03. The van der Waals surface area contributed by atoms with Gasteiger partial charge in [0.25, 0.3) is 0 Å². The summed E-state index contributed by atoms with van der Waals surface area (Å²) >= 11 is 0. The van der Waals surface area contributed by atoms with Crippen molar-refractivity contribution in [2.24, 2.45) is 5.73 Å². The number of aryl methyl sites for hydroxylation is 1. The van der Waals surface area contributed by atoms with Gasteiger partial charge in [0.05, 0.1) is 17.9 Å². The summed E-state index contributed by atoms with van der Waals surface area (Å²) in [5, 5.41) is 6.14. The summed E-state index contributed by atoms with van der Waals surface area (Å²) in [4.78, 5) is 4.32. The number of aromatic nitrogens is 1. The molecule has 0 saturated heterocycles. The van der Waals surface area contributed by atoms with Crippen molar-refractivity contribution in [1.29, 1.82) is 0 Å². The monoisotopic (exact) mass is 232 g/mol. The quantitative estimate of drug-likeness (QED) is 0.672.